The van der Waals surface area contributed by atoms with Crippen LogP contribution in [0.4, 0.5) is 5.69 Å². The first-order valence-corrected chi connectivity index (χ1v) is 11.0. The Balaban J connectivity index is 1.51. The Morgan fingerprint density at radius 3 is 2.68 bits per heavy atom. The molecule has 0 N–H and O–H groups in total. The van der Waals surface area contributed by atoms with Crippen LogP contribution in [-0.4, -0.2) is 29.5 Å². The van der Waals surface area contributed by atoms with Gasteiger partial charge in [0.1, 0.15) is 11.5 Å². The number of nitrogens with zero attached hydrogens (tertiary/aromatic N) is 3. The predicted molar refractivity (Wildman–Crippen MR) is 132 cm³/mol. The van der Waals surface area contributed by atoms with Gasteiger partial charge in [0.15, 0.2) is 0 Å². The highest BCUT2D eigenvalue weighted by Gasteiger charge is 2.38. The molecular weight excluding hydrogens is 426 g/mol. The number of aromatic nitrogens is 1. The van der Waals surface area contributed by atoms with Crippen LogP contribution in [0.15, 0.2) is 90.0 Å². The summed E-state index contributed by atoms with van der Waals surface area (Å²) in [4.78, 5) is 36.0. The summed E-state index contributed by atoms with van der Waals surface area (Å²) in [6.45, 7) is 4.29. The minimum absolute atomic E-state index is 0.198. The van der Waals surface area contributed by atoms with E-state index in [-0.39, 0.29) is 11.2 Å². The lowest BCUT2D eigenvalue weighted by atomic mass is 9.84. The number of rotatable bonds is 3. The maximum Gasteiger partial charge on any atom is 0.345 e. The Bertz CT molecular complexity index is 1400. The molecule has 0 unspecified atom stereocenters. The van der Waals surface area contributed by atoms with E-state index in [1.807, 2.05) is 25.2 Å². The van der Waals surface area contributed by atoms with Crippen molar-refractivity contribution in [3.8, 4) is 5.75 Å². The Labute approximate surface area is 197 Å². The number of carbonyl (C=O) groups is 2. The number of likely N-dealkylation sites (N-methyl/N-ethyl adjacent to an activating group) is 1. The molecule has 6 heteroatoms. The molecule has 2 heterocycles. The van der Waals surface area contributed by atoms with Gasteiger partial charge in [-0.3, -0.25) is 14.8 Å². The summed E-state index contributed by atoms with van der Waals surface area (Å²) in [5.74, 6) is -0.378. The first-order valence-electron chi connectivity index (χ1n) is 11.0. The molecule has 1 aliphatic carbocycles. The van der Waals surface area contributed by atoms with Crippen LogP contribution in [-0.2, 0) is 10.2 Å². The van der Waals surface area contributed by atoms with Gasteiger partial charge in [0.05, 0.1) is 5.56 Å². The van der Waals surface area contributed by atoms with Crippen molar-refractivity contribution >= 4 is 29.2 Å². The van der Waals surface area contributed by atoms with Crippen molar-refractivity contribution < 1.29 is 14.3 Å². The van der Waals surface area contributed by atoms with Crippen molar-refractivity contribution in [2.24, 2.45) is 4.99 Å². The second-order valence-corrected chi connectivity index (χ2v) is 8.77. The summed E-state index contributed by atoms with van der Waals surface area (Å²) in [5.41, 5.74) is 5.18. The van der Waals surface area contributed by atoms with Crippen LogP contribution in [0.3, 0.4) is 0 Å². The average Bonchev–Trinajstić information content (AvgIpc) is 3.04. The monoisotopic (exact) mass is 449 g/mol. The zero-order chi connectivity index (χ0) is 23.9. The van der Waals surface area contributed by atoms with E-state index < -0.39 is 5.97 Å². The van der Waals surface area contributed by atoms with Crippen LogP contribution in [0, 0.1) is 0 Å². The number of para-hydroxylation sites is 1. The van der Waals surface area contributed by atoms with E-state index in [1.165, 1.54) is 17.8 Å². The molecule has 1 aliphatic heterocycles. The fourth-order valence-corrected chi connectivity index (χ4v) is 4.46. The molecule has 0 fully saturated rings. The zero-order valence-corrected chi connectivity index (χ0v) is 19.1. The van der Waals surface area contributed by atoms with Gasteiger partial charge in [-0.2, -0.15) is 0 Å². The molecule has 0 bridgehead atoms. The molecule has 0 saturated heterocycles. The number of allylic oxidation sites excluding steroid dienone is 2. The molecule has 168 valence electrons. The van der Waals surface area contributed by atoms with E-state index in [2.05, 4.69) is 40.9 Å². The lowest BCUT2D eigenvalue weighted by Gasteiger charge is -2.23. The largest absolute Gasteiger partial charge is 0.423 e. The summed E-state index contributed by atoms with van der Waals surface area (Å²) < 4.78 is 5.53. The first-order chi connectivity index (χ1) is 16.4. The fourth-order valence-electron chi connectivity index (χ4n) is 4.46. The molecular formula is C28H23N3O3. The second kappa shape index (κ2) is 8.23. The minimum atomic E-state index is -0.515. The Morgan fingerprint density at radius 1 is 1.09 bits per heavy atom. The van der Waals surface area contributed by atoms with Crippen molar-refractivity contribution in [3.05, 3.63) is 107 Å². The van der Waals surface area contributed by atoms with Gasteiger partial charge >= 0.3 is 5.97 Å². The van der Waals surface area contributed by atoms with Gasteiger partial charge < -0.3 is 9.64 Å². The highest BCUT2D eigenvalue weighted by Crippen LogP contribution is 2.46. The second-order valence-electron chi connectivity index (χ2n) is 8.77. The molecule has 0 spiro atoms. The van der Waals surface area contributed by atoms with Crippen molar-refractivity contribution in [1.82, 2.24) is 4.98 Å². The van der Waals surface area contributed by atoms with Gasteiger partial charge in [-0.15, -0.1) is 0 Å². The molecule has 0 atom stereocenters. The average molecular weight is 450 g/mol. The third kappa shape index (κ3) is 3.63. The van der Waals surface area contributed by atoms with Crippen molar-refractivity contribution in [2.75, 3.05) is 11.9 Å². The molecule has 34 heavy (non-hydrogen) atoms. The van der Waals surface area contributed by atoms with Gasteiger partial charge in [0.25, 0.3) is 0 Å². The molecule has 0 amide bonds. The smallest absolute Gasteiger partial charge is 0.345 e. The molecule has 1 aromatic heterocycles. The number of esters is 1. The maximum absolute atomic E-state index is 12.8. The van der Waals surface area contributed by atoms with Gasteiger partial charge in [-0.25, -0.2) is 4.79 Å². The number of ether oxygens (including phenoxy) is 1. The number of anilines is 1. The number of pyridine rings is 1. The van der Waals surface area contributed by atoms with Crippen molar-refractivity contribution in [3.63, 3.8) is 0 Å². The van der Waals surface area contributed by atoms with Crippen LogP contribution in [0.5, 0.6) is 5.75 Å². The number of hydrogen-bond donors (Lipinski definition) is 0. The fraction of sp³-hybridized carbons (Fsp3) is 0.143. The number of fused-ring (bicyclic) bond motifs is 2. The highest BCUT2D eigenvalue weighted by molar-refractivity contribution is 6.52. The van der Waals surface area contributed by atoms with Crippen LogP contribution in [0.25, 0.3) is 6.08 Å². The Hall–Kier alpha value is -4.32. The Morgan fingerprint density at radius 2 is 1.91 bits per heavy atom. The summed E-state index contributed by atoms with van der Waals surface area (Å²) >= 11 is 0. The van der Waals surface area contributed by atoms with Gasteiger partial charge in [0, 0.05) is 48.0 Å². The number of ketones is 1. The van der Waals surface area contributed by atoms with Gasteiger partial charge in [-0.05, 0) is 47.5 Å². The molecule has 5 rings (SSSR count). The standard InChI is InChI=1S/C28H23N3O3/c1-28(2)22-8-4-5-9-23(22)31(3)25(28)17-30-26-21-15-20(12-10-18(21)11-13-24(26)32)34-27(33)19-7-6-14-29-16-19/h4-17H,1-3H3/b25-17+,30-26?. The van der Waals surface area contributed by atoms with Crippen molar-refractivity contribution in [2.45, 2.75) is 19.3 Å². The zero-order valence-electron chi connectivity index (χ0n) is 19.1. The van der Waals surface area contributed by atoms with Crippen LogP contribution >= 0.6 is 0 Å². The predicted octanol–water partition coefficient (Wildman–Crippen LogP) is 4.95. The van der Waals surface area contributed by atoms with Gasteiger partial charge in [-0.1, -0.05) is 44.2 Å². The van der Waals surface area contributed by atoms with Crippen LogP contribution in [0.2, 0.25) is 0 Å². The van der Waals surface area contributed by atoms with E-state index in [0.29, 0.717) is 22.6 Å². The van der Waals surface area contributed by atoms with Crippen LogP contribution < -0.4 is 9.64 Å². The quantitative estimate of drug-likeness (QED) is 0.418. The number of hydrogen-bond acceptors (Lipinski definition) is 6. The molecule has 3 aromatic rings. The third-order valence-electron chi connectivity index (χ3n) is 6.29. The van der Waals surface area contributed by atoms with E-state index in [4.69, 9.17) is 4.74 Å². The highest BCUT2D eigenvalue weighted by atomic mass is 16.5. The number of benzene rings is 2. The lowest BCUT2D eigenvalue weighted by molar-refractivity contribution is -0.108. The number of aliphatic imine (C=N–C) groups is 1. The normalized spacial score (nSPS) is 18.2. The molecule has 0 saturated carbocycles. The summed E-state index contributed by atoms with van der Waals surface area (Å²) in [5, 5.41) is 0. The van der Waals surface area contributed by atoms with Gasteiger partial charge in [0.2, 0.25) is 5.78 Å². The third-order valence-corrected chi connectivity index (χ3v) is 6.29. The van der Waals surface area contributed by atoms with E-state index >= 15 is 0 Å². The SMILES string of the molecule is CN1/C(=C/N=C2C(=O)C=Cc3ccc(OC(=O)c4cccnc4)cc32)C(C)(C)c2ccccc21. The summed E-state index contributed by atoms with van der Waals surface area (Å²) in [6, 6.07) is 16.7. The minimum Gasteiger partial charge on any atom is -0.423 e. The summed E-state index contributed by atoms with van der Waals surface area (Å²) in [6.07, 6.45) is 8.07. The number of carbonyl (C=O) groups excluding carboxylic acids is 2. The Kier molecular flexibility index (Phi) is 5.21. The topological polar surface area (TPSA) is 71.9 Å². The van der Waals surface area contributed by atoms with E-state index in [1.54, 1.807) is 42.7 Å². The molecule has 2 aromatic carbocycles. The van der Waals surface area contributed by atoms with E-state index in [9.17, 15) is 9.59 Å². The van der Waals surface area contributed by atoms with E-state index in [0.717, 1.165) is 16.9 Å². The molecule has 2 aliphatic rings. The maximum atomic E-state index is 12.8. The lowest BCUT2D eigenvalue weighted by Crippen LogP contribution is -2.23. The molecule has 0 radical (unpaired) electrons. The van der Waals surface area contributed by atoms with Crippen molar-refractivity contribution in [1.29, 1.82) is 0 Å². The summed E-state index contributed by atoms with van der Waals surface area (Å²) in [7, 11) is 2.01. The first kappa shape index (κ1) is 21.5. The van der Waals surface area contributed by atoms with Crippen LogP contribution in [0.1, 0.15) is 40.9 Å². The molecule has 6 nitrogen and oxygen atoms in total.